The Balaban J connectivity index is 0.00000110. The molecule has 0 aromatic rings. The predicted molar refractivity (Wildman–Crippen MR) is 90.4 cm³/mol. The van der Waals surface area contributed by atoms with Crippen LogP contribution in [0.4, 0.5) is 0 Å². The van der Waals surface area contributed by atoms with Gasteiger partial charge in [-0.25, -0.2) is 0 Å². The number of nitrogens with one attached hydrogen (secondary N) is 2. The van der Waals surface area contributed by atoms with E-state index in [0.29, 0.717) is 23.3 Å². The lowest BCUT2D eigenvalue weighted by atomic mass is 9.91. The molecule has 0 aromatic carbocycles. The van der Waals surface area contributed by atoms with E-state index >= 15 is 0 Å². The van der Waals surface area contributed by atoms with Crippen LogP contribution in [0.25, 0.3) is 0 Å². The van der Waals surface area contributed by atoms with Crippen LogP contribution in [-0.2, 0) is 4.79 Å². The summed E-state index contributed by atoms with van der Waals surface area (Å²) in [6.45, 7) is 7.82. The molecular weight excluding hydrogens is 309 g/mol. The molecule has 0 bridgehead atoms. The van der Waals surface area contributed by atoms with Gasteiger partial charge in [-0.3, -0.25) is 4.79 Å². The summed E-state index contributed by atoms with van der Waals surface area (Å²) >= 11 is 0. The topological polar surface area (TPSA) is 44.4 Å². The molecule has 3 aliphatic rings. The van der Waals surface area contributed by atoms with Gasteiger partial charge in [0.25, 0.3) is 0 Å². The third kappa shape index (κ3) is 4.25. The maximum absolute atomic E-state index is 12.4. The van der Waals surface area contributed by atoms with E-state index < -0.39 is 0 Å². The summed E-state index contributed by atoms with van der Waals surface area (Å²) in [7, 11) is 0. The monoisotopic (exact) mass is 337 g/mol. The lowest BCUT2D eigenvalue weighted by molar-refractivity contribution is -0.124. The van der Waals surface area contributed by atoms with Crippen LogP contribution >= 0.6 is 24.8 Å². The molecule has 6 heteroatoms. The zero-order valence-corrected chi connectivity index (χ0v) is 14.5. The molecule has 0 aromatic heterocycles. The van der Waals surface area contributed by atoms with E-state index in [9.17, 15) is 4.79 Å². The molecule has 1 saturated carbocycles. The minimum Gasteiger partial charge on any atom is -0.353 e. The second kappa shape index (κ2) is 8.00. The Morgan fingerprint density at radius 3 is 2.43 bits per heavy atom. The largest absolute Gasteiger partial charge is 0.353 e. The van der Waals surface area contributed by atoms with Crippen LogP contribution in [0, 0.1) is 11.3 Å². The van der Waals surface area contributed by atoms with Crippen LogP contribution in [0.15, 0.2) is 0 Å². The highest BCUT2D eigenvalue weighted by Gasteiger charge is 2.57. The lowest BCUT2D eigenvalue weighted by Crippen LogP contribution is -2.45. The summed E-state index contributed by atoms with van der Waals surface area (Å²) in [6.07, 6.45) is 5.77. The van der Waals surface area contributed by atoms with Gasteiger partial charge in [-0.05, 0) is 57.2 Å². The normalized spacial score (nSPS) is 28.3. The van der Waals surface area contributed by atoms with Crippen molar-refractivity contribution in [2.24, 2.45) is 11.3 Å². The minimum atomic E-state index is 0. The minimum absolute atomic E-state index is 0. The van der Waals surface area contributed by atoms with Crippen LogP contribution in [-0.4, -0.2) is 49.6 Å². The average Bonchev–Trinajstić information content (AvgIpc) is 3.14. The van der Waals surface area contributed by atoms with Crippen LogP contribution in [0.5, 0.6) is 0 Å². The van der Waals surface area contributed by atoms with Crippen molar-refractivity contribution in [3.63, 3.8) is 0 Å². The first kappa shape index (κ1) is 19.0. The summed E-state index contributed by atoms with van der Waals surface area (Å²) in [5.41, 5.74) is 0.374. The third-order valence-electron chi connectivity index (χ3n) is 5.49. The second-order valence-electron chi connectivity index (χ2n) is 6.59. The number of hydrogen-bond donors (Lipinski definition) is 2. The van der Waals surface area contributed by atoms with E-state index in [0.717, 1.165) is 52.0 Å². The quantitative estimate of drug-likeness (QED) is 0.825. The van der Waals surface area contributed by atoms with Gasteiger partial charge in [-0.15, -0.1) is 24.8 Å². The Morgan fingerprint density at radius 2 is 1.86 bits per heavy atom. The summed E-state index contributed by atoms with van der Waals surface area (Å²) in [6, 6.07) is 0.426. The fourth-order valence-electron chi connectivity index (χ4n) is 3.89. The van der Waals surface area contributed by atoms with E-state index in [4.69, 9.17) is 0 Å². The first-order valence-electron chi connectivity index (χ1n) is 7.97. The zero-order chi connectivity index (χ0) is 13.3. The van der Waals surface area contributed by atoms with Gasteiger partial charge in [0.15, 0.2) is 0 Å². The standard InChI is InChI=1S/C15H27N3O.2ClH/c1-2-18-9-3-12(4-10-18)17-14(19)13-11-15(13)5-7-16-8-6-15;;/h12-13,16H,2-11H2,1H3,(H,17,19);2*1H. The van der Waals surface area contributed by atoms with Crippen LogP contribution in [0.3, 0.4) is 0 Å². The maximum atomic E-state index is 12.4. The summed E-state index contributed by atoms with van der Waals surface area (Å²) in [5, 5.41) is 6.71. The Hall–Kier alpha value is -0.0300. The molecule has 3 fully saturated rings. The number of piperidine rings is 2. The molecule has 1 spiro atoms. The maximum Gasteiger partial charge on any atom is 0.223 e. The molecule has 1 unspecified atom stereocenters. The van der Waals surface area contributed by atoms with Crippen LogP contribution in [0.1, 0.15) is 39.0 Å². The molecule has 2 saturated heterocycles. The Labute approximate surface area is 140 Å². The first-order valence-corrected chi connectivity index (χ1v) is 7.97. The first-order chi connectivity index (χ1) is 9.23. The number of amides is 1. The molecule has 1 amide bonds. The van der Waals surface area contributed by atoms with E-state index in [1.807, 2.05) is 0 Å². The molecule has 2 heterocycles. The summed E-state index contributed by atoms with van der Waals surface area (Å²) < 4.78 is 0. The van der Waals surface area contributed by atoms with Gasteiger partial charge < -0.3 is 15.5 Å². The van der Waals surface area contributed by atoms with Gasteiger partial charge >= 0.3 is 0 Å². The molecule has 2 N–H and O–H groups in total. The van der Waals surface area contributed by atoms with E-state index in [1.54, 1.807) is 0 Å². The Morgan fingerprint density at radius 1 is 1.24 bits per heavy atom. The molecule has 4 nitrogen and oxygen atoms in total. The van der Waals surface area contributed by atoms with E-state index in [-0.39, 0.29) is 24.8 Å². The number of rotatable bonds is 3. The molecule has 21 heavy (non-hydrogen) atoms. The Bertz CT molecular complexity index is 340. The van der Waals surface area contributed by atoms with Crippen molar-refractivity contribution in [2.45, 2.75) is 45.1 Å². The number of nitrogens with zero attached hydrogens (tertiary/aromatic N) is 1. The SMILES string of the molecule is CCN1CCC(NC(=O)C2CC23CCNCC3)CC1.Cl.Cl. The number of hydrogen-bond acceptors (Lipinski definition) is 3. The summed E-state index contributed by atoms with van der Waals surface area (Å²) in [4.78, 5) is 14.8. The van der Waals surface area contributed by atoms with E-state index in [1.165, 1.54) is 12.8 Å². The van der Waals surface area contributed by atoms with Crippen molar-refractivity contribution < 1.29 is 4.79 Å². The molecule has 0 radical (unpaired) electrons. The fraction of sp³-hybridized carbons (Fsp3) is 0.933. The van der Waals surface area contributed by atoms with Gasteiger partial charge in [0.1, 0.15) is 0 Å². The van der Waals surface area contributed by atoms with Gasteiger partial charge in [-0.1, -0.05) is 6.92 Å². The molecule has 1 aliphatic carbocycles. The molecular formula is C15H29Cl2N3O. The Kier molecular flexibility index (Phi) is 7.25. The van der Waals surface area contributed by atoms with Crippen LogP contribution in [0.2, 0.25) is 0 Å². The van der Waals surface area contributed by atoms with Crippen molar-refractivity contribution in [3.8, 4) is 0 Å². The molecule has 3 rings (SSSR count). The highest BCUT2D eigenvalue weighted by molar-refractivity contribution is 5.85. The number of likely N-dealkylation sites (tertiary alicyclic amines) is 1. The van der Waals surface area contributed by atoms with Crippen molar-refractivity contribution in [3.05, 3.63) is 0 Å². The number of carbonyl (C=O) groups excluding carboxylic acids is 1. The number of carbonyl (C=O) groups is 1. The smallest absolute Gasteiger partial charge is 0.223 e. The van der Waals surface area contributed by atoms with Crippen LogP contribution < -0.4 is 10.6 Å². The van der Waals surface area contributed by atoms with Crippen molar-refractivity contribution >= 4 is 30.7 Å². The van der Waals surface area contributed by atoms with Gasteiger partial charge in [-0.2, -0.15) is 0 Å². The van der Waals surface area contributed by atoms with E-state index in [2.05, 4.69) is 22.5 Å². The van der Waals surface area contributed by atoms with Gasteiger partial charge in [0, 0.05) is 25.0 Å². The highest BCUT2D eigenvalue weighted by Crippen LogP contribution is 2.58. The molecule has 124 valence electrons. The van der Waals surface area contributed by atoms with Crippen molar-refractivity contribution in [1.29, 1.82) is 0 Å². The molecule has 1 atom stereocenters. The molecule has 2 aliphatic heterocycles. The summed E-state index contributed by atoms with van der Waals surface area (Å²) in [5.74, 6) is 0.663. The predicted octanol–water partition coefficient (Wildman–Crippen LogP) is 1.82. The van der Waals surface area contributed by atoms with Gasteiger partial charge in [0.2, 0.25) is 5.91 Å². The van der Waals surface area contributed by atoms with Crippen molar-refractivity contribution in [2.75, 3.05) is 32.7 Å². The fourth-order valence-corrected chi connectivity index (χ4v) is 3.89. The van der Waals surface area contributed by atoms with Crippen molar-refractivity contribution in [1.82, 2.24) is 15.5 Å². The number of halogens is 2. The zero-order valence-electron chi connectivity index (χ0n) is 12.9. The lowest BCUT2D eigenvalue weighted by Gasteiger charge is -2.32. The third-order valence-corrected chi connectivity index (χ3v) is 5.49. The highest BCUT2D eigenvalue weighted by atomic mass is 35.5. The average molecular weight is 338 g/mol. The second-order valence-corrected chi connectivity index (χ2v) is 6.59. The van der Waals surface area contributed by atoms with Gasteiger partial charge in [0.05, 0.1) is 0 Å².